The van der Waals surface area contributed by atoms with E-state index in [0.717, 1.165) is 3.57 Å². The SMILES string of the molecule is Cc1cc(S(=O)(=O)[O-])c(C(C)C)cc1OC(=O)COC(=O)c1ccc(I)cc1. The van der Waals surface area contributed by atoms with Gasteiger partial charge < -0.3 is 14.0 Å². The van der Waals surface area contributed by atoms with E-state index in [1.807, 2.05) is 0 Å². The third kappa shape index (κ3) is 5.76. The molecule has 0 fully saturated rings. The highest BCUT2D eigenvalue weighted by atomic mass is 127. The fourth-order valence-electron chi connectivity index (χ4n) is 2.40. The predicted octanol–water partition coefficient (Wildman–Crippen LogP) is 3.39. The highest BCUT2D eigenvalue weighted by Gasteiger charge is 2.18. The van der Waals surface area contributed by atoms with E-state index in [2.05, 4.69) is 22.6 Å². The maximum atomic E-state index is 12.0. The molecular formula is C19H18IO7S-. The average Bonchev–Trinajstić information content (AvgIpc) is 2.60. The summed E-state index contributed by atoms with van der Waals surface area (Å²) in [6.45, 7) is 4.34. The summed E-state index contributed by atoms with van der Waals surface area (Å²) in [4.78, 5) is 23.6. The lowest BCUT2D eigenvalue weighted by molar-refractivity contribution is -0.137. The molecule has 9 heteroatoms. The number of rotatable bonds is 6. The zero-order valence-corrected chi connectivity index (χ0v) is 18.4. The number of esters is 2. The summed E-state index contributed by atoms with van der Waals surface area (Å²) >= 11 is 2.10. The van der Waals surface area contributed by atoms with Gasteiger partial charge in [0.15, 0.2) is 6.61 Å². The van der Waals surface area contributed by atoms with Gasteiger partial charge in [-0.3, -0.25) is 0 Å². The first-order valence-electron chi connectivity index (χ1n) is 8.23. The van der Waals surface area contributed by atoms with Crippen LogP contribution in [0.3, 0.4) is 0 Å². The van der Waals surface area contributed by atoms with Gasteiger partial charge in [0.05, 0.1) is 10.5 Å². The van der Waals surface area contributed by atoms with Gasteiger partial charge in [-0.2, -0.15) is 0 Å². The van der Waals surface area contributed by atoms with E-state index in [1.54, 1.807) is 38.1 Å². The minimum atomic E-state index is -4.66. The van der Waals surface area contributed by atoms with Crippen molar-refractivity contribution in [2.24, 2.45) is 0 Å². The molecule has 0 N–H and O–H groups in total. The summed E-state index contributed by atoms with van der Waals surface area (Å²) in [5, 5.41) is 0. The van der Waals surface area contributed by atoms with Gasteiger partial charge in [0.2, 0.25) is 0 Å². The fourth-order valence-corrected chi connectivity index (χ4v) is 3.66. The second kappa shape index (κ2) is 9.01. The van der Waals surface area contributed by atoms with Crippen molar-refractivity contribution in [1.29, 1.82) is 0 Å². The molecule has 0 atom stereocenters. The Bertz CT molecular complexity index is 996. The van der Waals surface area contributed by atoms with E-state index in [1.165, 1.54) is 19.1 Å². The predicted molar refractivity (Wildman–Crippen MR) is 108 cm³/mol. The lowest BCUT2D eigenvalue weighted by Gasteiger charge is -2.18. The van der Waals surface area contributed by atoms with Crippen LogP contribution in [-0.4, -0.2) is 31.5 Å². The molecular weight excluding hydrogens is 499 g/mol. The van der Waals surface area contributed by atoms with Crippen molar-refractivity contribution < 1.29 is 32.0 Å². The van der Waals surface area contributed by atoms with Crippen molar-refractivity contribution in [3.8, 4) is 5.75 Å². The third-order valence-electron chi connectivity index (χ3n) is 3.82. The van der Waals surface area contributed by atoms with E-state index < -0.39 is 28.7 Å². The zero-order valence-electron chi connectivity index (χ0n) is 15.4. The van der Waals surface area contributed by atoms with Gasteiger partial charge in [-0.1, -0.05) is 13.8 Å². The second-order valence-electron chi connectivity index (χ2n) is 6.32. The van der Waals surface area contributed by atoms with Gasteiger partial charge in [-0.15, -0.1) is 0 Å². The van der Waals surface area contributed by atoms with Gasteiger partial charge in [0, 0.05) is 3.57 Å². The van der Waals surface area contributed by atoms with Crippen LogP contribution in [0.25, 0.3) is 0 Å². The topological polar surface area (TPSA) is 110 Å². The van der Waals surface area contributed by atoms with Crippen LogP contribution in [0.4, 0.5) is 0 Å². The Morgan fingerprint density at radius 3 is 2.29 bits per heavy atom. The Labute approximate surface area is 176 Å². The number of carbonyl (C=O) groups is 2. The second-order valence-corrected chi connectivity index (χ2v) is 8.92. The van der Waals surface area contributed by atoms with E-state index >= 15 is 0 Å². The molecule has 28 heavy (non-hydrogen) atoms. The Morgan fingerprint density at radius 2 is 1.75 bits per heavy atom. The van der Waals surface area contributed by atoms with Crippen LogP contribution >= 0.6 is 22.6 Å². The first-order valence-corrected chi connectivity index (χ1v) is 10.7. The molecule has 2 aromatic rings. The van der Waals surface area contributed by atoms with Gasteiger partial charge >= 0.3 is 11.9 Å². The Kier molecular flexibility index (Phi) is 7.18. The molecule has 0 spiro atoms. The summed E-state index contributed by atoms with van der Waals surface area (Å²) in [5.41, 5.74) is 0.854. The van der Waals surface area contributed by atoms with Crippen LogP contribution in [0, 0.1) is 10.5 Å². The summed E-state index contributed by atoms with van der Waals surface area (Å²) < 4.78 is 45.5. The average molecular weight is 517 g/mol. The number of hydrogen-bond acceptors (Lipinski definition) is 7. The molecule has 0 aliphatic carbocycles. The van der Waals surface area contributed by atoms with Crippen LogP contribution in [0.5, 0.6) is 5.75 Å². The van der Waals surface area contributed by atoms with Crippen molar-refractivity contribution in [3.05, 3.63) is 56.7 Å². The van der Waals surface area contributed by atoms with Gasteiger partial charge in [0.1, 0.15) is 15.9 Å². The van der Waals surface area contributed by atoms with Crippen LogP contribution < -0.4 is 4.74 Å². The number of ether oxygens (including phenoxy) is 2. The molecule has 0 aliphatic rings. The number of halogens is 1. The molecule has 0 aromatic heterocycles. The standard InChI is InChI=1S/C19H19IO7S/c1-11(2)15-9-16(12(3)8-17(15)28(23,24)25)27-18(21)10-26-19(22)13-4-6-14(20)7-5-13/h4-9,11H,10H2,1-3H3,(H,23,24,25)/p-1. The maximum Gasteiger partial charge on any atom is 0.349 e. The molecule has 2 aromatic carbocycles. The van der Waals surface area contributed by atoms with Crippen molar-refractivity contribution in [3.63, 3.8) is 0 Å². The fraction of sp³-hybridized carbons (Fsp3) is 0.263. The molecule has 0 radical (unpaired) electrons. The highest BCUT2D eigenvalue weighted by Crippen LogP contribution is 2.31. The Morgan fingerprint density at radius 1 is 1.14 bits per heavy atom. The van der Waals surface area contributed by atoms with E-state index in [4.69, 9.17) is 9.47 Å². The molecule has 0 unspecified atom stereocenters. The lowest BCUT2D eigenvalue weighted by atomic mass is 10.0. The smallest absolute Gasteiger partial charge is 0.349 e. The summed E-state index contributed by atoms with van der Waals surface area (Å²) in [6, 6.07) is 9.16. The molecule has 0 aliphatic heterocycles. The molecule has 7 nitrogen and oxygen atoms in total. The number of hydrogen-bond donors (Lipinski definition) is 0. The minimum Gasteiger partial charge on any atom is -0.744 e. The number of carbonyl (C=O) groups excluding carboxylic acids is 2. The zero-order chi connectivity index (χ0) is 21.1. The van der Waals surface area contributed by atoms with E-state index in [0.29, 0.717) is 11.1 Å². The maximum absolute atomic E-state index is 12.0. The molecule has 0 amide bonds. The lowest BCUT2D eigenvalue weighted by Crippen LogP contribution is -2.19. The van der Waals surface area contributed by atoms with Crippen LogP contribution in [0.2, 0.25) is 0 Å². The first kappa shape index (κ1) is 22.3. The van der Waals surface area contributed by atoms with Gasteiger partial charge in [-0.05, 0) is 83.0 Å². The molecule has 2 rings (SSSR count). The molecule has 0 saturated heterocycles. The van der Waals surface area contributed by atoms with Crippen molar-refractivity contribution in [2.75, 3.05) is 6.61 Å². The number of benzene rings is 2. The van der Waals surface area contributed by atoms with Crippen LogP contribution in [-0.2, 0) is 19.6 Å². The molecule has 0 heterocycles. The summed E-state index contributed by atoms with van der Waals surface area (Å²) in [6.07, 6.45) is 0. The summed E-state index contributed by atoms with van der Waals surface area (Å²) in [5.74, 6) is -1.67. The third-order valence-corrected chi connectivity index (χ3v) is 5.43. The first-order chi connectivity index (χ1) is 13.0. The molecule has 150 valence electrons. The van der Waals surface area contributed by atoms with Gasteiger partial charge in [0.25, 0.3) is 0 Å². The summed E-state index contributed by atoms with van der Waals surface area (Å²) in [7, 11) is -4.66. The molecule has 0 saturated carbocycles. The van der Waals surface area contributed by atoms with Crippen LogP contribution in [0.1, 0.15) is 41.3 Å². The Hall–Kier alpha value is -1.98. The van der Waals surface area contributed by atoms with E-state index in [9.17, 15) is 22.6 Å². The van der Waals surface area contributed by atoms with Gasteiger partial charge in [-0.25, -0.2) is 18.0 Å². The Balaban J connectivity index is 2.12. The quantitative estimate of drug-likeness (QED) is 0.250. The largest absolute Gasteiger partial charge is 0.744 e. The highest BCUT2D eigenvalue weighted by molar-refractivity contribution is 14.1. The number of aryl methyl sites for hydroxylation is 1. The van der Waals surface area contributed by atoms with Crippen molar-refractivity contribution >= 4 is 44.6 Å². The minimum absolute atomic E-state index is 0.103. The molecule has 0 bridgehead atoms. The van der Waals surface area contributed by atoms with Crippen molar-refractivity contribution in [2.45, 2.75) is 31.6 Å². The van der Waals surface area contributed by atoms with Crippen molar-refractivity contribution in [1.82, 2.24) is 0 Å². The van der Waals surface area contributed by atoms with E-state index in [-0.39, 0.29) is 22.1 Å². The normalized spacial score (nSPS) is 11.4. The monoisotopic (exact) mass is 517 g/mol. The van der Waals surface area contributed by atoms with Crippen LogP contribution in [0.15, 0.2) is 41.3 Å².